The molecule has 6 nitrogen and oxygen atoms in total. The predicted octanol–water partition coefficient (Wildman–Crippen LogP) is 2.77. The average Bonchev–Trinajstić information content (AvgIpc) is 2.57. The molecule has 1 N–H and O–H groups in total. The van der Waals surface area contributed by atoms with Crippen molar-refractivity contribution in [2.45, 2.75) is 13.0 Å². The summed E-state index contributed by atoms with van der Waals surface area (Å²) in [5, 5.41) is 2.38. The van der Waals surface area contributed by atoms with Crippen LogP contribution in [0.5, 0.6) is 5.75 Å². The Kier molecular flexibility index (Phi) is 5.81. The van der Waals surface area contributed by atoms with Crippen molar-refractivity contribution >= 4 is 27.3 Å². The Morgan fingerprint density at radius 3 is 2.23 bits per heavy atom. The van der Waals surface area contributed by atoms with E-state index in [0.717, 1.165) is 22.7 Å². The lowest BCUT2D eigenvalue weighted by molar-refractivity contribution is -0.116. The quantitative estimate of drug-likeness (QED) is 0.831. The van der Waals surface area contributed by atoms with Gasteiger partial charge in [0.05, 0.1) is 19.1 Å². The molecule has 1 atom stereocenters. The molecule has 0 saturated heterocycles. The Morgan fingerprint density at radius 1 is 1.12 bits per heavy atom. The van der Waals surface area contributed by atoms with Crippen molar-refractivity contribution in [3.63, 3.8) is 0 Å². The van der Waals surface area contributed by atoms with Gasteiger partial charge < -0.3 is 10.1 Å². The zero-order valence-electron chi connectivity index (χ0n) is 14.4. The summed E-state index contributed by atoms with van der Waals surface area (Å²) in [7, 11) is -2.32. The molecule has 0 saturated carbocycles. The van der Waals surface area contributed by atoms with Gasteiger partial charge in [-0.15, -0.1) is 0 Å². The second-order valence-electron chi connectivity index (χ2n) is 5.55. The van der Waals surface area contributed by atoms with Crippen LogP contribution >= 0.6 is 0 Å². The highest BCUT2D eigenvalue weighted by Crippen LogP contribution is 2.24. The number of benzene rings is 2. The van der Waals surface area contributed by atoms with Crippen molar-refractivity contribution in [3.05, 3.63) is 54.1 Å². The number of methoxy groups -OCH3 is 1. The first-order valence-electron chi connectivity index (χ1n) is 7.53. The van der Waals surface area contributed by atoms with Gasteiger partial charge in [-0.3, -0.25) is 9.10 Å². The number of rotatable bonds is 6. The van der Waals surface area contributed by atoms with E-state index in [4.69, 9.17) is 4.74 Å². The Hall–Kier alpha value is -2.68. The molecule has 2 rings (SSSR count). The maximum atomic E-state index is 13.3. The van der Waals surface area contributed by atoms with E-state index >= 15 is 0 Å². The maximum Gasteiger partial charge on any atom is 0.247 e. The standard InChI is InChI=1S/C17H18F2N2O4S/c1-11(17(22)20-12-4-9-15(18)16(19)10-12)21(26(3,23)24)13-5-7-14(25-2)8-6-13/h4-11H,1-3H3,(H,20,22)/t11-/m0/s1. The third kappa shape index (κ3) is 4.48. The zero-order valence-corrected chi connectivity index (χ0v) is 15.2. The number of amides is 1. The fraction of sp³-hybridized carbons (Fsp3) is 0.235. The number of sulfonamides is 1. The Balaban J connectivity index is 2.29. The third-order valence-corrected chi connectivity index (χ3v) is 4.84. The smallest absolute Gasteiger partial charge is 0.247 e. The first-order chi connectivity index (χ1) is 12.1. The molecule has 0 aliphatic carbocycles. The number of halogens is 2. The molecular formula is C17H18F2N2O4S. The van der Waals surface area contributed by atoms with Gasteiger partial charge in [-0.1, -0.05) is 0 Å². The van der Waals surface area contributed by atoms with E-state index < -0.39 is 33.6 Å². The van der Waals surface area contributed by atoms with E-state index in [9.17, 15) is 22.0 Å². The molecule has 26 heavy (non-hydrogen) atoms. The summed E-state index contributed by atoms with van der Waals surface area (Å²) in [6.45, 7) is 1.39. The van der Waals surface area contributed by atoms with Gasteiger partial charge in [0.1, 0.15) is 11.8 Å². The molecule has 2 aromatic carbocycles. The van der Waals surface area contributed by atoms with Gasteiger partial charge in [0, 0.05) is 11.8 Å². The topological polar surface area (TPSA) is 75.7 Å². The van der Waals surface area contributed by atoms with Crippen LogP contribution in [0, 0.1) is 11.6 Å². The average molecular weight is 384 g/mol. The van der Waals surface area contributed by atoms with Gasteiger partial charge >= 0.3 is 0 Å². The van der Waals surface area contributed by atoms with Gasteiger partial charge in [0.2, 0.25) is 15.9 Å². The summed E-state index contributed by atoms with van der Waals surface area (Å²) in [5.41, 5.74) is 0.283. The number of hydrogen-bond acceptors (Lipinski definition) is 4. The van der Waals surface area contributed by atoms with Crippen LogP contribution < -0.4 is 14.4 Å². The SMILES string of the molecule is COc1ccc(N([C@@H](C)C(=O)Nc2ccc(F)c(F)c2)S(C)(=O)=O)cc1. The molecule has 0 bridgehead atoms. The minimum atomic E-state index is -3.79. The Morgan fingerprint density at radius 2 is 1.73 bits per heavy atom. The number of ether oxygens (including phenoxy) is 1. The molecule has 0 aromatic heterocycles. The van der Waals surface area contributed by atoms with E-state index in [0.29, 0.717) is 5.75 Å². The van der Waals surface area contributed by atoms with E-state index in [-0.39, 0.29) is 11.4 Å². The summed E-state index contributed by atoms with van der Waals surface area (Å²) in [6, 6.07) is 7.86. The van der Waals surface area contributed by atoms with Gasteiger partial charge in [-0.2, -0.15) is 0 Å². The Labute approximate surface area is 150 Å². The minimum absolute atomic E-state index is 0.0175. The maximum absolute atomic E-state index is 13.3. The summed E-state index contributed by atoms with van der Waals surface area (Å²) >= 11 is 0. The van der Waals surface area contributed by atoms with Crippen LogP contribution in [-0.2, 0) is 14.8 Å². The van der Waals surface area contributed by atoms with Crippen molar-refractivity contribution in [1.82, 2.24) is 0 Å². The van der Waals surface area contributed by atoms with Gasteiger partial charge in [0.25, 0.3) is 0 Å². The van der Waals surface area contributed by atoms with Crippen molar-refractivity contribution in [2.75, 3.05) is 23.0 Å². The molecule has 0 radical (unpaired) electrons. The zero-order chi connectivity index (χ0) is 19.5. The lowest BCUT2D eigenvalue weighted by Crippen LogP contribution is -2.45. The van der Waals surface area contributed by atoms with Gasteiger partial charge in [-0.05, 0) is 43.3 Å². The minimum Gasteiger partial charge on any atom is -0.497 e. The largest absolute Gasteiger partial charge is 0.497 e. The van der Waals surface area contributed by atoms with Crippen LogP contribution in [0.2, 0.25) is 0 Å². The van der Waals surface area contributed by atoms with Crippen LogP contribution in [-0.4, -0.2) is 33.7 Å². The second-order valence-corrected chi connectivity index (χ2v) is 7.41. The molecular weight excluding hydrogens is 366 g/mol. The molecule has 0 unspecified atom stereocenters. The number of carbonyl (C=O) groups is 1. The highest BCUT2D eigenvalue weighted by molar-refractivity contribution is 7.92. The first kappa shape index (κ1) is 19.6. The molecule has 0 spiro atoms. The molecule has 1 amide bonds. The third-order valence-electron chi connectivity index (χ3n) is 3.60. The highest BCUT2D eigenvalue weighted by atomic mass is 32.2. The van der Waals surface area contributed by atoms with Crippen molar-refractivity contribution < 1.29 is 26.7 Å². The number of carbonyl (C=O) groups excluding carboxylic acids is 1. The number of nitrogens with one attached hydrogen (secondary N) is 1. The number of hydrogen-bond donors (Lipinski definition) is 1. The van der Waals surface area contributed by atoms with E-state index in [1.54, 1.807) is 12.1 Å². The molecule has 0 heterocycles. The summed E-state index contributed by atoms with van der Waals surface area (Å²) in [4.78, 5) is 12.4. The first-order valence-corrected chi connectivity index (χ1v) is 9.37. The molecule has 0 aliphatic heterocycles. The predicted molar refractivity (Wildman–Crippen MR) is 94.8 cm³/mol. The van der Waals surface area contributed by atoms with Crippen LogP contribution in [0.25, 0.3) is 0 Å². The van der Waals surface area contributed by atoms with E-state index in [1.165, 1.54) is 32.2 Å². The number of nitrogens with zero attached hydrogens (tertiary/aromatic N) is 1. The summed E-state index contributed by atoms with van der Waals surface area (Å²) < 4.78 is 56.6. The molecule has 0 aliphatic rings. The van der Waals surface area contributed by atoms with Crippen molar-refractivity contribution in [1.29, 1.82) is 0 Å². The normalized spacial score (nSPS) is 12.3. The van der Waals surface area contributed by atoms with Crippen LogP contribution in [0.3, 0.4) is 0 Å². The van der Waals surface area contributed by atoms with Gasteiger partial charge in [-0.25, -0.2) is 17.2 Å². The molecule has 9 heteroatoms. The monoisotopic (exact) mass is 384 g/mol. The molecule has 0 fully saturated rings. The molecule has 2 aromatic rings. The highest BCUT2D eigenvalue weighted by Gasteiger charge is 2.29. The molecule has 140 valence electrons. The fourth-order valence-corrected chi connectivity index (χ4v) is 3.53. The summed E-state index contributed by atoms with van der Waals surface area (Å²) in [5.74, 6) is -2.34. The Bertz CT molecular complexity index is 901. The lowest BCUT2D eigenvalue weighted by atomic mass is 10.2. The van der Waals surface area contributed by atoms with Crippen LogP contribution in [0.4, 0.5) is 20.2 Å². The van der Waals surface area contributed by atoms with Crippen molar-refractivity contribution in [2.24, 2.45) is 0 Å². The van der Waals surface area contributed by atoms with Crippen LogP contribution in [0.15, 0.2) is 42.5 Å². The second kappa shape index (κ2) is 7.69. The lowest BCUT2D eigenvalue weighted by Gasteiger charge is -2.28. The van der Waals surface area contributed by atoms with E-state index in [1.807, 2.05) is 0 Å². The van der Waals surface area contributed by atoms with Crippen LogP contribution in [0.1, 0.15) is 6.92 Å². The van der Waals surface area contributed by atoms with Crippen molar-refractivity contribution in [3.8, 4) is 5.75 Å². The van der Waals surface area contributed by atoms with Gasteiger partial charge in [0.15, 0.2) is 11.6 Å². The fourth-order valence-electron chi connectivity index (χ4n) is 2.36. The number of anilines is 2. The van der Waals surface area contributed by atoms with E-state index in [2.05, 4.69) is 5.32 Å². The summed E-state index contributed by atoms with van der Waals surface area (Å²) in [6.07, 6.45) is 0.971.